The monoisotopic (exact) mass is 246 g/mol. The molecule has 2 rings (SSSR count). The number of nitrogens with two attached hydrogens (primary N) is 1. The Kier molecular flexibility index (Phi) is 3.67. The summed E-state index contributed by atoms with van der Waals surface area (Å²) < 4.78 is 0. The fourth-order valence-electron chi connectivity index (χ4n) is 3.33. The molecule has 1 atom stereocenters. The first kappa shape index (κ1) is 13.4. The van der Waals surface area contributed by atoms with E-state index in [1.165, 1.54) is 30.5 Å². The van der Waals surface area contributed by atoms with Crippen LogP contribution in [-0.4, -0.2) is 12.1 Å². The zero-order valence-electron chi connectivity index (χ0n) is 11.9. The Morgan fingerprint density at radius 2 is 1.94 bits per heavy atom. The van der Waals surface area contributed by atoms with Gasteiger partial charge in [0.25, 0.3) is 0 Å². The molecule has 0 spiro atoms. The van der Waals surface area contributed by atoms with Crippen molar-refractivity contribution in [2.45, 2.75) is 52.0 Å². The Morgan fingerprint density at radius 1 is 1.22 bits per heavy atom. The van der Waals surface area contributed by atoms with Gasteiger partial charge in [0.1, 0.15) is 0 Å². The number of anilines is 1. The van der Waals surface area contributed by atoms with Crippen LogP contribution in [0.2, 0.25) is 0 Å². The Labute approximate surface area is 111 Å². The minimum atomic E-state index is 0.0772. The fraction of sp³-hybridized carbons (Fsp3) is 0.625. The Bertz CT molecular complexity index is 411. The van der Waals surface area contributed by atoms with Gasteiger partial charge in [-0.3, -0.25) is 0 Å². The lowest BCUT2D eigenvalue weighted by Gasteiger charge is -2.45. The van der Waals surface area contributed by atoms with Gasteiger partial charge in [-0.2, -0.15) is 0 Å². The van der Waals surface area contributed by atoms with Crippen molar-refractivity contribution < 1.29 is 0 Å². The molecule has 0 amide bonds. The highest BCUT2D eigenvalue weighted by Gasteiger charge is 2.39. The summed E-state index contributed by atoms with van der Waals surface area (Å²) in [6.45, 7) is 7.58. The van der Waals surface area contributed by atoms with E-state index in [4.69, 9.17) is 5.73 Å². The van der Waals surface area contributed by atoms with Gasteiger partial charge in [-0.15, -0.1) is 0 Å². The lowest BCUT2D eigenvalue weighted by atomic mass is 9.68. The molecule has 0 aliphatic heterocycles. The van der Waals surface area contributed by atoms with Crippen LogP contribution in [0.1, 0.15) is 45.1 Å². The smallest absolute Gasteiger partial charge is 0.0500 e. The van der Waals surface area contributed by atoms with Crippen LogP contribution in [0.15, 0.2) is 24.3 Å². The topological polar surface area (TPSA) is 38.0 Å². The van der Waals surface area contributed by atoms with Gasteiger partial charge in [-0.25, -0.2) is 0 Å². The fourth-order valence-corrected chi connectivity index (χ4v) is 3.33. The van der Waals surface area contributed by atoms with E-state index in [0.717, 1.165) is 6.42 Å². The minimum Gasteiger partial charge on any atom is -0.378 e. The van der Waals surface area contributed by atoms with Crippen LogP contribution in [0.4, 0.5) is 5.69 Å². The molecule has 1 aromatic carbocycles. The van der Waals surface area contributed by atoms with Gasteiger partial charge in [0.15, 0.2) is 0 Å². The first-order valence-electron chi connectivity index (χ1n) is 7.00. The molecule has 3 N–H and O–H groups in total. The zero-order chi connectivity index (χ0) is 13.2. The number of nitrogens with one attached hydrogen (secondary N) is 1. The second kappa shape index (κ2) is 4.93. The largest absolute Gasteiger partial charge is 0.378 e. The van der Waals surface area contributed by atoms with Crippen LogP contribution in [0.5, 0.6) is 0 Å². The molecule has 0 saturated heterocycles. The predicted molar refractivity (Wildman–Crippen MR) is 78.8 cm³/mol. The standard InChI is InChI=1S/C16H26N2/c1-13-7-4-5-8-14(13)18-16(12-17)10-6-9-15(2,3)11-16/h4-5,7-8,18H,6,9-12,17H2,1-3H3. The van der Waals surface area contributed by atoms with Crippen molar-refractivity contribution >= 4 is 5.69 Å². The summed E-state index contributed by atoms with van der Waals surface area (Å²) in [5, 5.41) is 3.74. The highest BCUT2D eigenvalue weighted by atomic mass is 15.0. The van der Waals surface area contributed by atoms with Crippen molar-refractivity contribution in [3.63, 3.8) is 0 Å². The molecule has 1 aromatic rings. The van der Waals surface area contributed by atoms with Gasteiger partial charge >= 0.3 is 0 Å². The molecule has 1 saturated carbocycles. The number of para-hydroxylation sites is 1. The third-order valence-corrected chi connectivity index (χ3v) is 4.26. The third kappa shape index (κ3) is 2.86. The van der Waals surface area contributed by atoms with E-state index >= 15 is 0 Å². The molecule has 1 fully saturated rings. The highest BCUT2D eigenvalue weighted by molar-refractivity contribution is 5.52. The van der Waals surface area contributed by atoms with E-state index < -0.39 is 0 Å². The highest BCUT2D eigenvalue weighted by Crippen LogP contribution is 2.42. The van der Waals surface area contributed by atoms with E-state index in [0.29, 0.717) is 12.0 Å². The minimum absolute atomic E-state index is 0.0772. The number of rotatable bonds is 3. The summed E-state index contributed by atoms with van der Waals surface area (Å²) >= 11 is 0. The molecule has 2 nitrogen and oxygen atoms in total. The van der Waals surface area contributed by atoms with Crippen LogP contribution >= 0.6 is 0 Å². The lowest BCUT2D eigenvalue weighted by Crippen LogP contribution is -2.51. The molecule has 2 heteroatoms. The quantitative estimate of drug-likeness (QED) is 0.853. The van der Waals surface area contributed by atoms with E-state index in [9.17, 15) is 0 Å². The number of aryl methyl sites for hydroxylation is 1. The molecule has 1 aliphatic rings. The van der Waals surface area contributed by atoms with E-state index in [1.807, 2.05) is 0 Å². The number of benzene rings is 1. The van der Waals surface area contributed by atoms with Crippen molar-refractivity contribution in [3.8, 4) is 0 Å². The molecule has 0 heterocycles. The predicted octanol–water partition coefficient (Wildman–Crippen LogP) is 3.70. The van der Waals surface area contributed by atoms with Gasteiger partial charge in [0.05, 0.1) is 5.54 Å². The van der Waals surface area contributed by atoms with Crippen LogP contribution in [0.25, 0.3) is 0 Å². The second-order valence-electron chi connectivity index (χ2n) is 6.62. The van der Waals surface area contributed by atoms with Crippen LogP contribution < -0.4 is 11.1 Å². The van der Waals surface area contributed by atoms with Gasteiger partial charge in [0.2, 0.25) is 0 Å². The Balaban J connectivity index is 2.21. The zero-order valence-corrected chi connectivity index (χ0v) is 11.9. The molecule has 1 unspecified atom stereocenters. The first-order chi connectivity index (χ1) is 8.46. The second-order valence-corrected chi connectivity index (χ2v) is 6.62. The maximum Gasteiger partial charge on any atom is 0.0500 e. The van der Waals surface area contributed by atoms with Crippen molar-refractivity contribution in [3.05, 3.63) is 29.8 Å². The average molecular weight is 246 g/mol. The van der Waals surface area contributed by atoms with E-state index in [-0.39, 0.29) is 5.54 Å². The van der Waals surface area contributed by atoms with Gasteiger partial charge in [0, 0.05) is 12.2 Å². The average Bonchev–Trinajstić information content (AvgIpc) is 2.31. The van der Waals surface area contributed by atoms with Crippen molar-refractivity contribution in [1.29, 1.82) is 0 Å². The first-order valence-corrected chi connectivity index (χ1v) is 7.00. The SMILES string of the molecule is Cc1ccccc1NC1(CN)CCCC(C)(C)C1. The van der Waals surface area contributed by atoms with Crippen LogP contribution in [0, 0.1) is 12.3 Å². The third-order valence-electron chi connectivity index (χ3n) is 4.26. The molecule has 0 aromatic heterocycles. The molecule has 1 aliphatic carbocycles. The van der Waals surface area contributed by atoms with E-state index in [2.05, 4.69) is 50.4 Å². The van der Waals surface area contributed by atoms with Crippen molar-refractivity contribution in [2.24, 2.45) is 11.1 Å². The normalized spacial score (nSPS) is 26.9. The number of hydrogen-bond donors (Lipinski definition) is 2. The summed E-state index contributed by atoms with van der Waals surface area (Å²) in [5.41, 5.74) is 9.10. The molecule has 0 bridgehead atoms. The van der Waals surface area contributed by atoms with Gasteiger partial charge < -0.3 is 11.1 Å². The summed E-state index contributed by atoms with van der Waals surface area (Å²) in [4.78, 5) is 0. The van der Waals surface area contributed by atoms with Crippen LogP contribution in [0.3, 0.4) is 0 Å². The van der Waals surface area contributed by atoms with E-state index in [1.54, 1.807) is 0 Å². The maximum absolute atomic E-state index is 6.09. The summed E-state index contributed by atoms with van der Waals surface area (Å²) in [7, 11) is 0. The molecular weight excluding hydrogens is 220 g/mol. The Morgan fingerprint density at radius 3 is 2.56 bits per heavy atom. The van der Waals surface area contributed by atoms with Gasteiger partial charge in [-0.05, 0) is 43.2 Å². The van der Waals surface area contributed by atoms with Crippen LogP contribution in [-0.2, 0) is 0 Å². The Hall–Kier alpha value is -1.02. The lowest BCUT2D eigenvalue weighted by molar-refractivity contribution is 0.170. The molecule has 18 heavy (non-hydrogen) atoms. The molecule has 0 radical (unpaired) electrons. The molecule has 100 valence electrons. The maximum atomic E-state index is 6.09. The van der Waals surface area contributed by atoms with Crippen molar-refractivity contribution in [2.75, 3.05) is 11.9 Å². The molecular formula is C16H26N2. The summed E-state index contributed by atoms with van der Waals surface area (Å²) in [5.74, 6) is 0. The summed E-state index contributed by atoms with van der Waals surface area (Å²) in [6, 6.07) is 8.49. The van der Waals surface area contributed by atoms with Crippen molar-refractivity contribution in [1.82, 2.24) is 0 Å². The number of hydrogen-bond acceptors (Lipinski definition) is 2. The van der Waals surface area contributed by atoms with Gasteiger partial charge in [-0.1, -0.05) is 38.5 Å². The summed E-state index contributed by atoms with van der Waals surface area (Å²) in [6.07, 6.45) is 4.92.